The van der Waals surface area contributed by atoms with Gasteiger partial charge >= 0.3 is 0 Å². The second-order valence-electron chi connectivity index (χ2n) is 8.04. The van der Waals surface area contributed by atoms with Crippen LogP contribution in [0.25, 0.3) is 22.4 Å². The van der Waals surface area contributed by atoms with E-state index in [9.17, 15) is 8.78 Å². The maximum Gasteiger partial charge on any atom is 0.265 e. The molecule has 0 aliphatic carbocycles. The number of nitrogens with two attached hydrogens (primary N) is 1. The lowest BCUT2D eigenvalue weighted by Gasteiger charge is -2.13. The highest BCUT2D eigenvalue weighted by Crippen LogP contribution is 2.29. The number of aromatic nitrogens is 5. The maximum atomic E-state index is 13.9. The van der Waals surface area contributed by atoms with Crippen LogP contribution >= 0.6 is 0 Å². The molecule has 3 N–H and O–H groups in total. The molecule has 3 aromatic heterocycles. The van der Waals surface area contributed by atoms with Gasteiger partial charge < -0.3 is 15.8 Å². The van der Waals surface area contributed by atoms with Gasteiger partial charge in [0.05, 0.1) is 35.6 Å². The van der Waals surface area contributed by atoms with Crippen LogP contribution in [0.4, 0.5) is 20.3 Å². The standard InChI is InChI=1S/C25H26F2N8O/c1-15-4-8-22(34-33-15)31-17-5-7-21-20(12-17)30-14-35(21)23-9-6-18(25(26)27)24(32-23)19(16(2)28)13-29-10-11-36-3/h4-9,12-14,25H,10-11,28H2,1-3H3,(H,31,34)/b19-16+,29-13?. The number of imidazole rings is 1. The van der Waals surface area contributed by atoms with E-state index in [1.165, 1.54) is 18.3 Å². The molecular formula is C25H26F2N8O. The van der Waals surface area contributed by atoms with Crippen molar-refractivity contribution in [2.24, 2.45) is 10.7 Å². The van der Waals surface area contributed by atoms with Crippen molar-refractivity contribution in [3.63, 3.8) is 0 Å². The Morgan fingerprint density at radius 3 is 2.72 bits per heavy atom. The van der Waals surface area contributed by atoms with Gasteiger partial charge in [-0.25, -0.2) is 18.7 Å². The van der Waals surface area contributed by atoms with Crippen molar-refractivity contribution in [1.82, 2.24) is 24.7 Å². The molecular weight excluding hydrogens is 466 g/mol. The van der Waals surface area contributed by atoms with Crippen molar-refractivity contribution < 1.29 is 13.5 Å². The molecule has 0 aliphatic rings. The molecule has 0 radical (unpaired) electrons. The summed E-state index contributed by atoms with van der Waals surface area (Å²) >= 11 is 0. The van der Waals surface area contributed by atoms with Crippen molar-refractivity contribution in [3.05, 3.63) is 71.4 Å². The fourth-order valence-electron chi connectivity index (χ4n) is 3.52. The summed E-state index contributed by atoms with van der Waals surface area (Å²) in [5, 5.41) is 11.3. The molecule has 0 atom stereocenters. The van der Waals surface area contributed by atoms with Gasteiger partial charge in [0.15, 0.2) is 5.82 Å². The Labute approximate surface area is 206 Å². The van der Waals surface area contributed by atoms with Gasteiger partial charge in [0.1, 0.15) is 12.1 Å². The molecule has 0 saturated heterocycles. The quantitative estimate of drug-likeness (QED) is 0.259. The molecule has 3 heterocycles. The number of anilines is 2. The van der Waals surface area contributed by atoms with Crippen LogP contribution < -0.4 is 11.1 Å². The first-order valence-corrected chi connectivity index (χ1v) is 11.2. The molecule has 0 fully saturated rings. The predicted molar refractivity (Wildman–Crippen MR) is 136 cm³/mol. The Morgan fingerprint density at radius 2 is 2.03 bits per heavy atom. The summed E-state index contributed by atoms with van der Waals surface area (Å²) in [7, 11) is 1.56. The fourth-order valence-corrected chi connectivity index (χ4v) is 3.52. The molecule has 0 saturated carbocycles. The first-order valence-electron chi connectivity index (χ1n) is 11.2. The number of aliphatic imine (C=N–C) groups is 1. The van der Waals surface area contributed by atoms with E-state index < -0.39 is 6.43 Å². The summed E-state index contributed by atoms with van der Waals surface area (Å²) in [6.07, 6.45) is 0.325. The minimum Gasteiger partial charge on any atom is -0.402 e. The summed E-state index contributed by atoms with van der Waals surface area (Å²) < 4.78 is 34.4. The van der Waals surface area contributed by atoms with E-state index in [-0.39, 0.29) is 11.3 Å². The third kappa shape index (κ3) is 5.52. The molecule has 1 aromatic carbocycles. The highest BCUT2D eigenvalue weighted by Gasteiger charge is 2.20. The van der Waals surface area contributed by atoms with E-state index in [0.29, 0.717) is 41.6 Å². The Bertz CT molecular complexity index is 1410. The number of rotatable bonds is 9. The van der Waals surface area contributed by atoms with Gasteiger partial charge in [-0.2, -0.15) is 5.10 Å². The van der Waals surface area contributed by atoms with Crippen LogP contribution in [0.2, 0.25) is 0 Å². The third-order valence-corrected chi connectivity index (χ3v) is 5.34. The average Bonchev–Trinajstić information content (AvgIpc) is 3.28. The Kier molecular flexibility index (Phi) is 7.59. The normalized spacial score (nSPS) is 12.5. The molecule has 0 amide bonds. The summed E-state index contributed by atoms with van der Waals surface area (Å²) in [4.78, 5) is 13.3. The molecule has 4 aromatic rings. The van der Waals surface area contributed by atoms with Crippen LogP contribution in [0.5, 0.6) is 0 Å². The number of allylic oxidation sites excluding steroid dienone is 2. The van der Waals surface area contributed by atoms with Crippen LogP contribution in [0.1, 0.15) is 30.3 Å². The molecule has 9 nitrogen and oxygen atoms in total. The zero-order chi connectivity index (χ0) is 25.7. The van der Waals surface area contributed by atoms with Gasteiger partial charge in [0.2, 0.25) is 0 Å². The van der Waals surface area contributed by atoms with Crippen LogP contribution in [0.15, 0.2) is 59.5 Å². The fraction of sp³-hybridized carbons (Fsp3) is 0.240. The number of ether oxygens (including phenoxy) is 1. The number of hydrogen-bond acceptors (Lipinski definition) is 8. The lowest BCUT2D eigenvalue weighted by Crippen LogP contribution is -2.08. The van der Waals surface area contributed by atoms with Gasteiger partial charge in [0.25, 0.3) is 6.43 Å². The molecule has 0 spiro atoms. The monoisotopic (exact) mass is 492 g/mol. The Balaban J connectivity index is 1.71. The minimum absolute atomic E-state index is 0.0711. The number of aryl methyl sites for hydroxylation is 1. The lowest BCUT2D eigenvalue weighted by atomic mass is 10.1. The summed E-state index contributed by atoms with van der Waals surface area (Å²) in [6, 6.07) is 12.2. The molecule has 186 valence electrons. The second kappa shape index (κ2) is 11.0. The van der Waals surface area contributed by atoms with E-state index in [2.05, 4.69) is 30.5 Å². The zero-order valence-electron chi connectivity index (χ0n) is 20.1. The molecule has 4 rings (SSSR count). The maximum absolute atomic E-state index is 13.9. The summed E-state index contributed by atoms with van der Waals surface area (Å²) in [5.41, 5.74) is 9.58. The topological polar surface area (TPSA) is 116 Å². The lowest BCUT2D eigenvalue weighted by molar-refractivity contribution is 0.150. The highest BCUT2D eigenvalue weighted by atomic mass is 19.3. The van der Waals surface area contributed by atoms with E-state index >= 15 is 0 Å². The predicted octanol–water partition coefficient (Wildman–Crippen LogP) is 4.61. The number of benzene rings is 1. The van der Waals surface area contributed by atoms with E-state index in [4.69, 9.17) is 10.5 Å². The molecule has 11 heteroatoms. The number of nitrogens with zero attached hydrogens (tertiary/aromatic N) is 6. The van der Waals surface area contributed by atoms with Crippen molar-refractivity contribution in [1.29, 1.82) is 0 Å². The van der Waals surface area contributed by atoms with Gasteiger partial charge in [0, 0.05) is 35.8 Å². The van der Waals surface area contributed by atoms with E-state index in [1.54, 1.807) is 24.9 Å². The second-order valence-corrected chi connectivity index (χ2v) is 8.04. The molecule has 0 bridgehead atoms. The number of methoxy groups -OCH3 is 1. The minimum atomic E-state index is -2.73. The first kappa shape index (κ1) is 24.9. The number of fused-ring (bicyclic) bond motifs is 1. The smallest absolute Gasteiger partial charge is 0.265 e. The number of pyridine rings is 1. The van der Waals surface area contributed by atoms with Crippen LogP contribution in [-0.4, -0.2) is 51.2 Å². The number of nitrogens with one attached hydrogen (secondary N) is 1. The van der Waals surface area contributed by atoms with Gasteiger partial charge in [-0.1, -0.05) is 0 Å². The first-order chi connectivity index (χ1) is 17.4. The van der Waals surface area contributed by atoms with E-state index in [1.807, 2.05) is 37.3 Å². The summed E-state index contributed by atoms with van der Waals surface area (Å²) in [5.74, 6) is 1.03. The third-order valence-electron chi connectivity index (χ3n) is 5.34. The van der Waals surface area contributed by atoms with E-state index in [0.717, 1.165) is 16.9 Å². The largest absolute Gasteiger partial charge is 0.402 e. The Hall–Kier alpha value is -4.25. The molecule has 0 aliphatic heterocycles. The van der Waals surface area contributed by atoms with Crippen LogP contribution in [-0.2, 0) is 4.74 Å². The highest BCUT2D eigenvalue weighted by molar-refractivity contribution is 6.10. The van der Waals surface area contributed by atoms with Crippen molar-refractivity contribution in [2.75, 3.05) is 25.6 Å². The van der Waals surface area contributed by atoms with Gasteiger partial charge in [-0.05, 0) is 56.3 Å². The van der Waals surface area contributed by atoms with Crippen molar-refractivity contribution in [2.45, 2.75) is 20.3 Å². The molecule has 0 unspecified atom stereocenters. The number of hydrogen-bond donors (Lipinski definition) is 2. The van der Waals surface area contributed by atoms with Crippen LogP contribution in [0.3, 0.4) is 0 Å². The van der Waals surface area contributed by atoms with Gasteiger partial charge in [-0.15, -0.1) is 5.10 Å². The van der Waals surface area contributed by atoms with Crippen molar-refractivity contribution in [3.8, 4) is 5.82 Å². The zero-order valence-corrected chi connectivity index (χ0v) is 20.1. The van der Waals surface area contributed by atoms with Crippen LogP contribution in [0, 0.1) is 6.92 Å². The number of halogens is 2. The molecule has 36 heavy (non-hydrogen) atoms. The number of alkyl halides is 2. The van der Waals surface area contributed by atoms with Crippen molar-refractivity contribution >= 4 is 34.3 Å². The summed E-state index contributed by atoms with van der Waals surface area (Å²) in [6.45, 7) is 4.26. The van der Waals surface area contributed by atoms with Gasteiger partial charge in [-0.3, -0.25) is 9.56 Å². The SMILES string of the molecule is COCCN=C/C(=C(/C)N)c1nc(-n2cnc3cc(Nc4ccc(C)nn4)ccc32)ccc1C(F)F. The Morgan fingerprint density at radius 1 is 1.19 bits per heavy atom. The average molecular weight is 493 g/mol.